The Morgan fingerprint density at radius 2 is 1.25 bits per heavy atom. The van der Waals surface area contributed by atoms with Crippen LogP contribution in [0, 0.1) is 11.3 Å². The van der Waals surface area contributed by atoms with Gasteiger partial charge in [0.25, 0.3) is 0 Å². The minimum Gasteiger partial charge on any atom is -1.00 e. The third-order valence-electron chi connectivity index (χ3n) is 10.3. The van der Waals surface area contributed by atoms with Crippen LogP contribution in [0.2, 0.25) is 10.0 Å². The van der Waals surface area contributed by atoms with E-state index in [2.05, 4.69) is 148 Å². The third-order valence-corrected chi connectivity index (χ3v) is 18.6. The van der Waals surface area contributed by atoms with E-state index in [9.17, 15) is 0 Å². The molecule has 0 aromatic heterocycles. The summed E-state index contributed by atoms with van der Waals surface area (Å²) in [6.07, 6.45) is 8.54. The van der Waals surface area contributed by atoms with Gasteiger partial charge in [0.15, 0.2) is 0 Å². The van der Waals surface area contributed by atoms with Gasteiger partial charge in [-0.2, -0.15) is 0 Å². The zero-order valence-corrected chi connectivity index (χ0v) is 37.4. The predicted molar refractivity (Wildman–Crippen MR) is 212 cm³/mol. The molecule has 1 unspecified atom stereocenters. The van der Waals surface area contributed by atoms with Gasteiger partial charge >= 0.3 is 316 Å². The van der Waals surface area contributed by atoms with E-state index in [0.717, 1.165) is 29.3 Å². The molecule has 5 heteroatoms. The van der Waals surface area contributed by atoms with Crippen LogP contribution < -0.4 is 28.1 Å². The molecule has 6 rings (SSSR count). The molecule has 1 atom stereocenters. The van der Waals surface area contributed by atoms with Crippen LogP contribution in [0.15, 0.2) is 99.9 Å². The summed E-state index contributed by atoms with van der Waals surface area (Å²) in [5.74, 6) is 0.423. The number of benzene rings is 4. The summed E-state index contributed by atoms with van der Waals surface area (Å²) >= 11 is 10.6. The van der Waals surface area contributed by atoms with E-state index in [1.165, 1.54) is 53.3 Å². The van der Waals surface area contributed by atoms with Crippen molar-refractivity contribution < 1.29 is 46.1 Å². The molecule has 0 radical (unpaired) electrons. The molecule has 0 heterocycles. The average Bonchev–Trinajstić information content (AvgIpc) is 3.60. The second-order valence-electron chi connectivity index (χ2n) is 17.2. The largest absolute Gasteiger partial charge is 1.00 e. The standard InChI is InChI=1S/C21H25.C13H8Cl2.C12H19.2ClH.Zr/c1-20(2,3)16-9-7-14-11-15-8-10-17(21(4,5)6)13-19(15)18(14)12-16;14-12-5-1-3-10(8-12)7-11-4-2-6-13(15)9-11;1-5-6-10-7-8-11(9-10)12(2,3)4;;;/h7,9-10,12-13H,11H2,1-6H3;1-6,8-9H;8-10H,5-6H2,1-4H3;2*1H;/q;;;;;+2/p-2. The molecular formula is C46H52Cl4Zr. The molecular weight excluding hydrogens is 786 g/mol. The van der Waals surface area contributed by atoms with Gasteiger partial charge in [0, 0.05) is 0 Å². The number of rotatable bonds is 6. The number of hydrogen-bond acceptors (Lipinski definition) is 0. The van der Waals surface area contributed by atoms with Crippen molar-refractivity contribution in [3.8, 4) is 11.1 Å². The van der Waals surface area contributed by atoms with Crippen LogP contribution in [0.25, 0.3) is 11.1 Å². The maximum Gasteiger partial charge on any atom is -1.00 e. The summed E-state index contributed by atoms with van der Waals surface area (Å²) in [4.78, 5) is 0. The Balaban J connectivity index is 0.00000292. The Morgan fingerprint density at radius 3 is 1.76 bits per heavy atom. The fourth-order valence-electron chi connectivity index (χ4n) is 7.48. The minimum absolute atomic E-state index is 0. The van der Waals surface area contributed by atoms with Gasteiger partial charge in [-0.25, -0.2) is 0 Å². The number of halogens is 4. The maximum absolute atomic E-state index is 6.83. The average molecular weight is 838 g/mol. The zero-order chi connectivity index (χ0) is 35.5. The van der Waals surface area contributed by atoms with Gasteiger partial charge < -0.3 is 24.8 Å². The van der Waals surface area contributed by atoms with Crippen molar-refractivity contribution in [2.24, 2.45) is 11.3 Å². The molecule has 2 aliphatic carbocycles. The van der Waals surface area contributed by atoms with Crippen LogP contribution in [0.4, 0.5) is 0 Å². The summed E-state index contributed by atoms with van der Waals surface area (Å²) in [6, 6.07) is 29.6. The first-order chi connectivity index (χ1) is 23.0. The third kappa shape index (κ3) is 8.82. The molecule has 0 saturated carbocycles. The number of hydrogen-bond donors (Lipinski definition) is 0. The van der Waals surface area contributed by atoms with E-state index < -0.39 is 21.3 Å². The monoisotopic (exact) mass is 834 g/mol. The molecule has 4 aromatic rings. The van der Waals surface area contributed by atoms with Gasteiger partial charge in [-0.3, -0.25) is 0 Å². The molecule has 0 aliphatic heterocycles. The van der Waals surface area contributed by atoms with Crippen LogP contribution in [0.3, 0.4) is 0 Å². The van der Waals surface area contributed by atoms with Crippen LogP contribution >= 0.6 is 23.2 Å². The van der Waals surface area contributed by atoms with Crippen LogP contribution in [0.1, 0.15) is 115 Å². The van der Waals surface area contributed by atoms with Crippen molar-refractivity contribution in [1.29, 1.82) is 0 Å². The van der Waals surface area contributed by atoms with Crippen molar-refractivity contribution in [3.63, 3.8) is 0 Å². The molecule has 0 saturated heterocycles. The Bertz CT molecular complexity index is 1980. The quantitative estimate of drug-likeness (QED) is 0.174. The van der Waals surface area contributed by atoms with Crippen molar-refractivity contribution in [2.75, 3.05) is 0 Å². The van der Waals surface area contributed by atoms with Gasteiger partial charge in [0.2, 0.25) is 0 Å². The van der Waals surface area contributed by atoms with Crippen LogP contribution in [-0.2, 0) is 38.5 Å². The second-order valence-corrected chi connectivity index (χ2v) is 23.9. The second kappa shape index (κ2) is 15.9. The van der Waals surface area contributed by atoms with Crippen molar-refractivity contribution in [2.45, 2.75) is 99.3 Å². The van der Waals surface area contributed by atoms with Crippen molar-refractivity contribution >= 4 is 29.7 Å². The van der Waals surface area contributed by atoms with Gasteiger partial charge in [-0.1, -0.05) is 0 Å². The Morgan fingerprint density at radius 1 is 0.686 bits per heavy atom. The number of allylic oxidation sites excluding steroid dienone is 4. The first-order valence-electron chi connectivity index (χ1n) is 18.0. The van der Waals surface area contributed by atoms with Gasteiger partial charge in [0.1, 0.15) is 0 Å². The Labute approximate surface area is 338 Å². The first-order valence-corrected chi connectivity index (χ1v) is 22.4. The topological polar surface area (TPSA) is 0 Å². The molecule has 0 N–H and O–H groups in total. The summed E-state index contributed by atoms with van der Waals surface area (Å²) < 4.78 is 4.73. The van der Waals surface area contributed by atoms with Crippen molar-refractivity contribution in [1.82, 2.24) is 0 Å². The normalized spacial score (nSPS) is 15.1. The Kier molecular flexibility index (Phi) is 13.1. The van der Waals surface area contributed by atoms with Crippen LogP contribution in [-0.4, -0.2) is 3.21 Å². The van der Waals surface area contributed by atoms with Crippen molar-refractivity contribution in [3.05, 3.63) is 143 Å². The first kappa shape index (κ1) is 42.0. The summed E-state index contributed by atoms with van der Waals surface area (Å²) in [5, 5.41) is 1.55. The molecule has 0 spiro atoms. The molecule has 4 aromatic carbocycles. The van der Waals surface area contributed by atoms with E-state index in [-0.39, 0.29) is 41.1 Å². The van der Waals surface area contributed by atoms with Gasteiger partial charge in [-0.05, 0) is 0 Å². The van der Waals surface area contributed by atoms with E-state index in [1.54, 1.807) is 6.55 Å². The Hall–Kier alpha value is -1.73. The molecule has 268 valence electrons. The SMILES string of the molecule is CCCC1C=C(C(C)(C)C)C=[C]1[Zr+2](=[C](c1cccc(Cl)c1)c1cccc(Cl)c1)[c]1cc(C(C)(C)C)cc2c1Cc1ccc(C(C)(C)C)cc1-2.[Cl-].[Cl-]. The van der Waals surface area contributed by atoms with Crippen LogP contribution in [0.5, 0.6) is 0 Å². The summed E-state index contributed by atoms with van der Waals surface area (Å²) in [7, 11) is 0. The summed E-state index contributed by atoms with van der Waals surface area (Å²) in [6.45, 7) is 23.5. The van der Waals surface area contributed by atoms with E-state index in [4.69, 9.17) is 23.2 Å². The minimum atomic E-state index is -3.07. The molecule has 0 bridgehead atoms. The van der Waals surface area contributed by atoms with E-state index in [1.807, 2.05) is 12.1 Å². The number of fused-ring (bicyclic) bond motifs is 3. The molecule has 0 amide bonds. The van der Waals surface area contributed by atoms with E-state index >= 15 is 0 Å². The van der Waals surface area contributed by atoms with Gasteiger partial charge in [0.05, 0.1) is 0 Å². The van der Waals surface area contributed by atoms with E-state index in [0.29, 0.717) is 5.92 Å². The summed E-state index contributed by atoms with van der Waals surface area (Å²) in [5.41, 5.74) is 12.7. The molecule has 51 heavy (non-hydrogen) atoms. The fourth-order valence-corrected chi connectivity index (χ4v) is 16.4. The predicted octanol–water partition coefficient (Wildman–Crippen LogP) is 6.97. The molecule has 2 aliphatic rings. The molecule has 0 nitrogen and oxygen atoms in total. The maximum atomic E-state index is 6.83. The smallest absolute Gasteiger partial charge is 1.00 e. The fraction of sp³-hybridized carbons (Fsp3) is 0.370. The molecule has 0 fully saturated rings. The zero-order valence-electron chi connectivity index (χ0n) is 31.9. The van der Waals surface area contributed by atoms with Gasteiger partial charge in [-0.15, -0.1) is 0 Å².